The SMILES string of the molecule is CC1(C)CCCN1Cc1ccc(F)cc1C(=N)N. The molecule has 0 bridgehead atoms. The second-order valence-corrected chi connectivity index (χ2v) is 5.55. The van der Waals surface area contributed by atoms with Crippen molar-refractivity contribution in [2.45, 2.75) is 38.8 Å². The summed E-state index contributed by atoms with van der Waals surface area (Å²) in [6, 6.07) is 4.52. The normalized spacial score (nSPS) is 19.1. The molecule has 0 spiro atoms. The van der Waals surface area contributed by atoms with Crippen LogP contribution in [0.15, 0.2) is 18.2 Å². The Morgan fingerprint density at radius 1 is 1.50 bits per heavy atom. The molecule has 1 fully saturated rings. The Labute approximate surface area is 107 Å². The minimum atomic E-state index is -0.343. The summed E-state index contributed by atoms with van der Waals surface area (Å²) in [6.45, 7) is 6.21. The van der Waals surface area contributed by atoms with E-state index >= 15 is 0 Å². The quantitative estimate of drug-likeness (QED) is 0.638. The Hall–Kier alpha value is -1.42. The second kappa shape index (κ2) is 4.69. The van der Waals surface area contributed by atoms with Gasteiger partial charge in [0.25, 0.3) is 0 Å². The number of halogens is 1. The molecule has 1 saturated heterocycles. The van der Waals surface area contributed by atoms with E-state index in [1.54, 1.807) is 6.07 Å². The highest BCUT2D eigenvalue weighted by molar-refractivity contribution is 5.96. The minimum Gasteiger partial charge on any atom is -0.384 e. The molecule has 0 radical (unpaired) electrons. The first kappa shape index (κ1) is 13.0. The van der Waals surface area contributed by atoms with Crippen LogP contribution in [-0.4, -0.2) is 22.8 Å². The van der Waals surface area contributed by atoms with Crippen LogP contribution in [0, 0.1) is 11.2 Å². The molecule has 3 nitrogen and oxygen atoms in total. The third-order valence-electron chi connectivity index (χ3n) is 3.80. The first-order valence-corrected chi connectivity index (χ1v) is 6.28. The molecule has 4 heteroatoms. The molecule has 0 unspecified atom stereocenters. The summed E-state index contributed by atoms with van der Waals surface area (Å²) in [6.07, 6.45) is 2.35. The molecule has 0 amide bonds. The van der Waals surface area contributed by atoms with Gasteiger partial charge in [0.05, 0.1) is 0 Å². The fourth-order valence-electron chi connectivity index (χ4n) is 2.60. The molecule has 98 valence electrons. The van der Waals surface area contributed by atoms with Crippen molar-refractivity contribution >= 4 is 5.84 Å². The van der Waals surface area contributed by atoms with Crippen molar-refractivity contribution < 1.29 is 4.39 Å². The molecule has 3 N–H and O–H groups in total. The summed E-state index contributed by atoms with van der Waals surface area (Å²) in [5.74, 6) is -0.411. The molecule has 1 aliphatic heterocycles. The van der Waals surface area contributed by atoms with E-state index in [1.807, 2.05) is 0 Å². The van der Waals surface area contributed by atoms with Gasteiger partial charge in [0.15, 0.2) is 0 Å². The largest absolute Gasteiger partial charge is 0.384 e. The lowest BCUT2D eigenvalue weighted by molar-refractivity contribution is 0.166. The monoisotopic (exact) mass is 249 g/mol. The summed E-state index contributed by atoms with van der Waals surface area (Å²) >= 11 is 0. The van der Waals surface area contributed by atoms with Gasteiger partial charge in [-0.25, -0.2) is 4.39 Å². The number of nitrogen functional groups attached to an aromatic ring is 1. The molecule has 1 aromatic carbocycles. The topological polar surface area (TPSA) is 53.1 Å². The minimum absolute atomic E-state index is 0.0681. The highest BCUT2D eigenvalue weighted by Gasteiger charge is 2.32. The summed E-state index contributed by atoms with van der Waals surface area (Å²) in [5.41, 5.74) is 7.13. The van der Waals surface area contributed by atoms with Gasteiger partial charge in [-0.1, -0.05) is 6.07 Å². The van der Waals surface area contributed by atoms with Crippen LogP contribution in [0.25, 0.3) is 0 Å². The van der Waals surface area contributed by atoms with Crippen LogP contribution in [0.1, 0.15) is 37.8 Å². The van der Waals surface area contributed by atoms with E-state index < -0.39 is 0 Å². The van der Waals surface area contributed by atoms with Gasteiger partial charge in [-0.2, -0.15) is 0 Å². The van der Waals surface area contributed by atoms with E-state index in [1.165, 1.54) is 25.0 Å². The number of hydrogen-bond acceptors (Lipinski definition) is 2. The van der Waals surface area contributed by atoms with Crippen molar-refractivity contribution in [2.75, 3.05) is 6.54 Å². The van der Waals surface area contributed by atoms with Crippen molar-refractivity contribution in [1.82, 2.24) is 4.90 Å². The van der Waals surface area contributed by atoms with E-state index in [2.05, 4.69) is 18.7 Å². The van der Waals surface area contributed by atoms with Gasteiger partial charge in [0, 0.05) is 17.6 Å². The predicted octanol–water partition coefficient (Wildman–Crippen LogP) is 2.48. The number of nitrogens with zero attached hydrogens (tertiary/aromatic N) is 1. The van der Waals surface area contributed by atoms with Crippen LogP contribution in [0.3, 0.4) is 0 Å². The molecule has 0 aromatic heterocycles. The lowest BCUT2D eigenvalue weighted by atomic mass is 10.00. The molecule has 0 saturated carbocycles. The zero-order valence-electron chi connectivity index (χ0n) is 11.0. The predicted molar refractivity (Wildman–Crippen MR) is 71.1 cm³/mol. The Kier molecular flexibility index (Phi) is 3.39. The molecular weight excluding hydrogens is 229 g/mol. The summed E-state index contributed by atoms with van der Waals surface area (Å²) in [4.78, 5) is 2.37. The van der Waals surface area contributed by atoms with Gasteiger partial charge < -0.3 is 5.73 Å². The third-order valence-corrected chi connectivity index (χ3v) is 3.80. The highest BCUT2D eigenvalue weighted by Crippen LogP contribution is 2.30. The number of hydrogen-bond donors (Lipinski definition) is 2. The summed E-state index contributed by atoms with van der Waals surface area (Å²) < 4.78 is 13.2. The summed E-state index contributed by atoms with van der Waals surface area (Å²) in [7, 11) is 0. The molecule has 2 rings (SSSR count). The second-order valence-electron chi connectivity index (χ2n) is 5.55. The van der Waals surface area contributed by atoms with Crippen molar-refractivity contribution in [3.63, 3.8) is 0 Å². The van der Waals surface area contributed by atoms with Crippen LogP contribution in [-0.2, 0) is 6.54 Å². The Balaban J connectivity index is 2.26. The van der Waals surface area contributed by atoms with Crippen molar-refractivity contribution in [3.8, 4) is 0 Å². The molecule has 0 atom stereocenters. The maximum atomic E-state index is 13.2. The van der Waals surface area contributed by atoms with Crippen LogP contribution in [0.4, 0.5) is 4.39 Å². The molecule has 1 aromatic rings. The van der Waals surface area contributed by atoms with Gasteiger partial charge in [-0.3, -0.25) is 10.3 Å². The van der Waals surface area contributed by atoms with Crippen LogP contribution in [0.5, 0.6) is 0 Å². The standard InChI is InChI=1S/C14H20FN3/c1-14(2)6-3-7-18(14)9-10-4-5-11(15)8-12(10)13(16)17/h4-5,8H,3,6-7,9H2,1-2H3,(H3,16,17). The fourth-order valence-corrected chi connectivity index (χ4v) is 2.60. The average molecular weight is 249 g/mol. The molecule has 18 heavy (non-hydrogen) atoms. The first-order chi connectivity index (χ1) is 8.40. The molecule has 1 heterocycles. The highest BCUT2D eigenvalue weighted by atomic mass is 19.1. The van der Waals surface area contributed by atoms with Gasteiger partial charge in [0.2, 0.25) is 0 Å². The average Bonchev–Trinajstić information content (AvgIpc) is 2.60. The summed E-state index contributed by atoms with van der Waals surface area (Å²) in [5, 5.41) is 7.54. The van der Waals surface area contributed by atoms with Crippen LogP contribution >= 0.6 is 0 Å². The van der Waals surface area contributed by atoms with Crippen LogP contribution < -0.4 is 5.73 Å². The zero-order valence-corrected chi connectivity index (χ0v) is 11.0. The maximum Gasteiger partial charge on any atom is 0.123 e. The number of rotatable bonds is 3. The fraction of sp³-hybridized carbons (Fsp3) is 0.500. The van der Waals surface area contributed by atoms with Gasteiger partial charge in [-0.15, -0.1) is 0 Å². The van der Waals surface area contributed by atoms with Gasteiger partial charge in [-0.05, 0) is 50.9 Å². The van der Waals surface area contributed by atoms with Crippen molar-refractivity contribution in [1.29, 1.82) is 5.41 Å². The van der Waals surface area contributed by atoms with Gasteiger partial charge >= 0.3 is 0 Å². The van der Waals surface area contributed by atoms with Crippen molar-refractivity contribution in [3.05, 3.63) is 35.1 Å². The molecule has 1 aliphatic rings. The number of likely N-dealkylation sites (tertiary alicyclic amines) is 1. The number of benzene rings is 1. The van der Waals surface area contributed by atoms with E-state index in [4.69, 9.17) is 11.1 Å². The van der Waals surface area contributed by atoms with Crippen LogP contribution in [0.2, 0.25) is 0 Å². The van der Waals surface area contributed by atoms with E-state index in [-0.39, 0.29) is 17.2 Å². The number of nitrogens with two attached hydrogens (primary N) is 1. The Morgan fingerprint density at radius 3 is 2.78 bits per heavy atom. The Bertz CT molecular complexity index is 468. The lowest BCUT2D eigenvalue weighted by Crippen LogP contribution is -2.38. The van der Waals surface area contributed by atoms with E-state index in [0.29, 0.717) is 5.56 Å². The molecule has 0 aliphatic carbocycles. The number of nitrogens with one attached hydrogen (secondary N) is 1. The molecular formula is C14H20FN3. The maximum absolute atomic E-state index is 13.2. The van der Waals surface area contributed by atoms with Crippen molar-refractivity contribution in [2.24, 2.45) is 5.73 Å². The smallest absolute Gasteiger partial charge is 0.123 e. The lowest BCUT2D eigenvalue weighted by Gasteiger charge is -2.32. The van der Waals surface area contributed by atoms with E-state index in [0.717, 1.165) is 18.7 Å². The number of amidine groups is 1. The Morgan fingerprint density at radius 2 is 2.22 bits per heavy atom. The zero-order chi connectivity index (χ0) is 13.3. The third kappa shape index (κ3) is 2.53. The van der Waals surface area contributed by atoms with Gasteiger partial charge in [0.1, 0.15) is 11.7 Å². The van der Waals surface area contributed by atoms with E-state index in [9.17, 15) is 4.39 Å². The first-order valence-electron chi connectivity index (χ1n) is 6.28.